The summed E-state index contributed by atoms with van der Waals surface area (Å²) in [5, 5.41) is 22.2. The molecule has 6 heteroatoms. The van der Waals surface area contributed by atoms with Crippen LogP contribution in [-0.2, 0) is 6.42 Å². The average molecular weight is 337 g/mol. The molecule has 0 aliphatic carbocycles. The highest BCUT2D eigenvalue weighted by Gasteiger charge is 2.16. The van der Waals surface area contributed by atoms with Gasteiger partial charge in [0.05, 0.1) is 11.6 Å². The molecule has 127 valence electrons. The molecule has 0 aliphatic heterocycles. The van der Waals surface area contributed by atoms with Crippen molar-refractivity contribution >= 4 is 17.0 Å². The molecule has 0 bridgehead atoms. The van der Waals surface area contributed by atoms with Gasteiger partial charge >= 0.3 is 6.09 Å². The molecule has 0 atom stereocenters. The lowest BCUT2D eigenvalue weighted by Gasteiger charge is -2.17. The lowest BCUT2D eigenvalue weighted by atomic mass is 9.97. The molecular weight excluding hydrogens is 320 g/mol. The third kappa shape index (κ3) is 3.80. The molecule has 3 rings (SSSR count). The van der Waals surface area contributed by atoms with Gasteiger partial charge in [-0.1, -0.05) is 36.4 Å². The van der Waals surface area contributed by atoms with Gasteiger partial charge in [-0.15, -0.1) is 0 Å². The van der Waals surface area contributed by atoms with E-state index in [2.05, 4.69) is 10.3 Å². The van der Waals surface area contributed by atoms with Crippen LogP contribution in [0.25, 0.3) is 10.9 Å². The largest absolute Gasteiger partial charge is 0.506 e. The third-order valence-electron chi connectivity index (χ3n) is 3.99. The second-order valence-electron chi connectivity index (χ2n) is 5.63. The predicted octanol–water partition coefficient (Wildman–Crippen LogP) is 3.01. The Kier molecular flexibility index (Phi) is 4.70. The fourth-order valence-corrected chi connectivity index (χ4v) is 2.82. The van der Waals surface area contributed by atoms with Gasteiger partial charge in [0, 0.05) is 11.5 Å². The molecule has 2 aromatic carbocycles. The quantitative estimate of drug-likeness (QED) is 0.575. The van der Waals surface area contributed by atoms with Crippen molar-refractivity contribution in [2.45, 2.75) is 12.8 Å². The topological polar surface area (TPSA) is 102 Å². The van der Waals surface area contributed by atoms with Gasteiger partial charge in [0.2, 0.25) is 5.56 Å². The molecular formula is C19H17N2O4. The van der Waals surface area contributed by atoms with Crippen LogP contribution in [0.15, 0.2) is 59.4 Å². The molecule has 0 saturated heterocycles. The summed E-state index contributed by atoms with van der Waals surface area (Å²) < 4.78 is 0. The van der Waals surface area contributed by atoms with Crippen LogP contribution >= 0.6 is 0 Å². The number of benzene rings is 2. The SMILES string of the molecule is O=C(O)N[C](CCc1ccc(O)c2[nH]c(=O)ccc12)c1ccccc1. The summed E-state index contributed by atoms with van der Waals surface area (Å²) in [4.78, 5) is 25.2. The van der Waals surface area contributed by atoms with Crippen LogP contribution in [-0.4, -0.2) is 21.3 Å². The van der Waals surface area contributed by atoms with Gasteiger partial charge < -0.3 is 20.5 Å². The highest BCUT2D eigenvalue weighted by molar-refractivity contribution is 5.87. The molecule has 0 unspecified atom stereocenters. The summed E-state index contributed by atoms with van der Waals surface area (Å²) in [6.45, 7) is 0. The molecule has 1 heterocycles. The molecule has 1 radical (unpaired) electrons. The second kappa shape index (κ2) is 7.09. The van der Waals surface area contributed by atoms with Crippen LogP contribution in [0.3, 0.4) is 0 Å². The Labute approximate surface area is 143 Å². The number of hydrogen-bond donors (Lipinski definition) is 4. The number of fused-ring (bicyclic) bond motifs is 1. The Hall–Kier alpha value is -3.28. The van der Waals surface area contributed by atoms with E-state index >= 15 is 0 Å². The van der Waals surface area contributed by atoms with E-state index in [9.17, 15) is 14.7 Å². The minimum Gasteiger partial charge on any atom is -0.506 e. The van der Waals surface area contributed by atoms with Crippen molar-refractivity contribution in [3.63, 3.8) is 0 Å². The van der Waals surface area contributed by atoms with Crippen molar-refractivity contribution < 1.29 is 15.0 Å². The number of phenols is 1. The van der Waals surface area contributed by atoms with E-state index in [1.54, 1.807) is 12.1 Å². The Morgan fingerprint density at radius 1 is 1.04 bits per heavy atom. The molecule has 0 aliphatic rings. The summed E-state index contributed by atoms with van der Waals surface area (Å²) in [5.41, 5.74) is 1.81. The van der Waals surface area contributed by atoms with Crippen LogP contribution < -0.4 is 10.9 Å². The van der Waals surface area contributed by atoms with Crippen LogP contribution in [0, 0.1) is 6.04 Å². The summed E-state index contributed by atoms with van der Waals surface area (Å²) >= 11 is 0. The van der Waals surface area contributed by atoms with E-state index in [0.29, 0.717) is 24.4 Å². The van der Waals surface area contributed by atoms with E-state index in [1.807, 2.05) is 30.3 Å². The number of nitrogens with one attached hydrogen (secondary N) is 2. The summed E-state index contributed by atoms with van der Waals surface area (Å²) in [6, 6.07) is 16.2. The fraction of sp³-hybridized carbons (Fsp3) is 0.105. The molecule has 6 nitrogen and oxygen atoms in total. The van der Waals surface area contributed by atoms with Crippen LogP contribution in [0.5, 0.6) is 5.75 Å². The van der Waals surface area contributed by atoms with Crippen molar-refractivity contribution in [1.29, 1.82) is 0 Å². The lowest BCUT2D eigenvalue weighted by Crippen LogP contribution is -2.28. The number of hydrogen-bond acceptors (Lipinski definition) is 3. The smallest absolute Gasteiger partial charge is 0.405 e. The van der Waals surface area contributed by atoms with Gasteiger partial charge in [-0.3, -0.25) is 4.79 Å². The third-order valence-corrected chi connectivity index (χ3v) is 3.99. The summed E-state index contributed by atoms with van der Waals surface area (Å²) in [5.74, 6) is 0.00683. The first kappa shape index (κ1) is 16.6. The number of rotatable bonds is 5. The number of carbonyl (C=O) groups is 1. The molecule has 0 spiro atoms. The minimum absolute atomic E-state index is 0.00683. The molecule has 4 N–H and O–H groups in total. The standard InChI is InChI=1S/C19H17N2O4/c22-16-10-7-12(14-8-11-17(23)21-18(14)16)6-9-15(20-19(24)25)13-4-2-1-3-5-13/h1-5,7-8,10-11,20,22H,6,9H2,(H,21,23)(H,24,25). The van der Waals surface area contributed by atoms with E-state index in [4.69, 9.17) is 5.11 Å². The number of H-pyrrole nitrogens is 1. The molecule has 0 fully saturated rings. The first-order valence-electron chi connectivity index (χ1n) is 7.79. The van der Waals surface area contributed by atoms with Crippen molar-refractivity contribution in [3.05, 3.63) is 82.1 Å². The molecule has 1 amide bonds. The summed E-state index contributed by atoms with van der Waals surface area (Å²) in [6.07, 6.45) is -0.0958. The normalized spacial score (nSPS) is 10.9. The summed E-state index contributed by atoms with van der Waals surface area (Å²) in [7, 11) is 0. The highest BCUT2D eigenvalue weighted by atomic mass is 16.4. The highest BCUT2D eigenvalue weighted by Crippen LogP contribution is 2.27. The van der Waals surface area contributed by atoms with Crippen LogP contribution in [0.1, 0.15) is 17.5 Å². The zero-order valence-corrected chi connectivity index (χ0v) is 13.3. The van der Waals surface area contributed by atoms with Gasteiger partial charge in [0.1, 0.15) is 5.75 Å². The number of pyridine rings is 1. The lowest BCUT2D eigenvalue weighted by molar-refractivity contribution is 0.195. The zero-order valence-electron chi connectivity index (χ0n) is 13.3. The van der Waals surface area contributed by atoms with Crippen molar-refractivity contribution in [2.75, 3.05) is 0 Å². The first-order chi connectivity index (χ1) is 12.0. The molecule has 0 saturated carbocycles. The molecule has 3 aromatic rings. The average Bonchev–Trinajstić information content (AvgIpc) is 2.61. The predicted molar refractivity (Wildman–Crippen MR) is 94.5 cm³/mol. The number of carboxylic acid groups (broad SMARTS) is 1. The van der Waals surface area contributed by atoms with Crippen molar-refractivity contribution in [1.82, 2.24) is 10.3 Å². The Morgan fingerprint density at radius 3 is 2.52 bits per heavy atom. The van der Waals surface area contributed by atoms with Gasteiger partial charge in [0.25, 0.3) is 0 Å². The number of aromatic nitrogens is 1. The fourth-order valence-electron chi connectivity index (χ4n) is 2.82. The minimum atomic E-state index is -1.11. The number of aromatic hydroxyl groups is 1. The van der Waals surface area contributed by atoms with Crippen LogP contribution in [0.2, 0.25) is 0 Å². The zero-order chi connectivity index (χ0) is 17.8. The number of aromatic amines is 1. The second-order valence-corrected chi connectivity index (χ2v) is 5.63. The monoisotopic (exact) mass is 337 g/mol. The Morgan fingerprint density at radius 2 is 1.80 bits per heavy atom. The first-order valence-corrected chi connectivity index (χ1v) is 7.79. The van der Waals surface area contributed by atoms with Gasteiger partial charge in [-0.05, 0) is 36.1 Å². The Bertz CT molecular complexity index is 951. The van der Waals surface area contributed by atoms with E-state index < -0.39 is 6.09 Å². The number of aryl methyl sites for hydroxylation is 1. The van der Waals surface area contributed by atoms with Gasteiger partial charge in [-0.2, -0.15) is 0 Å². The molecule has 25 heavy (non-hydrogen) atoms. The van der Waals surface area contributed by atoms with Gasteiger partial charge in [-0.25, -0.2) is 4.79 Å². The van der Waals surface area contributed by atoms with E-state index in [1.165, 1.54) is 12.1 Å². The van der Waals surface area contributed by atoms with Crippen molar-refractivity contribution in [2.24, 2.45) is 0 Å². The maximum atomic E-state index is 11.5. The maximum Gasteiger partial charge on any atom is 0.405 e. The van der Waals surface area contributed by atoms with Gasteiger partial charge in [0.15, 0.2) is 0 Å². The Balaban J connectivity index is 1.88. The number of amides is 1. The number of phenolic OH excluding ortho intramolecular Hbond substituents is 1. The maximum absolute atomic E-state index is 11.5. The van der Waals surface area contributed by atoms with E-state index in [-0.39, 0.29) is 11.3 Å². The molecule has 1 aromatic heterocycles. The van der Waals surface area contributed by atoms with Crippen LogP contribution in [0.4, 0.5) is 4.79 Å². The van der Waals surface area contributed by atoms with E-state index in [0.717, 1.165) is 16.5 Å². The van der Waals surface area contributed by atoms with Crippen molar-refractivity contribution in [3.8, 4) is 5.75 Å².